The quantitative estimate of drug-likeness (QED) is 0.861. The Balaban J connectivity index is 1.75. The lowest BCUT2D eigenvalue weighted by atomic mass is 9.89. The van der Waals surface area contributed by atoms with Gasteiger partial charge in [-0.2, -0.15) is 0 Å². The standard InChI is InChI=1S/C16H30N2O2/c17-10-13-20-15-8-11-18(12-9-15)16(19)14-6-4-2-1-3-5-7-14/h14-15H,1-13,17H2. The predicted molar refractivity (Wildman–Crippen MR) is 80.4 cm³/mol. The van der Waals surface area contributed by atoms with Gasteiger partial charge < -0.3 is 15.4 Å². The first-order valence-corrected chi connectivity index (χ1v) is 8.41. The van der Waals surface area contributed by atoms with E-state index in [-0.39, 0.29) is 5.92 Å². The minimum atomic E-state index is 0.289. The van der Waals surface area contributed by atoms with Crippen molar-refractivity contribution >= 4 is 5.91 Å². The molecule has 0 aromatic rings. The van der Waals surface area contributed by atoms with Crippen LogP contribution in [0.1, 0.15) is 57.8 Å². The Bertz CT molecular complexity index is 280. The van der Waals surface area contributed by atoms with Crippen molar-refractivity contribution < 1.29 is 9.53 Å². The largest absolute Gasteiger partial charge is 0.377 e. The van der Waals surface area contributed by atoms with Gasteiger partial charge in [0.15, 0.2) is 0 Å². The zero-order valence-corrected chi connectivity index (χ0v) is 12.7. The van der Waals surface area contributed by atoms with Crippen LogP contribution in [0.2, 0.25) is 0 Å². The predicted octanol–water partition coefficient (Wildman–Crippen LogP) is 2.31. The Morgan fingerprint density at radius 1 is 1.00 bits per heavy atom. The molecule has 1 aliphatic heterocycles. The van der Waals surface area contributed by atoms with Gasteiger partial charge in [-0.1, -0.05) is 32.1 Å². The van der Waals surface area contributed by atoms with Crippen molar-refractivity contribution in [2.24, 2.45) is 11.7 Å². The number of amides is 1. The van der Waals surface area contributed by atoms with Crippen LogP contribution < -0.4 is 5.73 Å². The van der Waals surface area contributed by atoms with Gasteiger partial charge in [0.05, 0.1) is 12.7 Å². The molecule has 1 saturated heterocycles. The first-order chi connectivity index (χ1) is 9.81. The smallest absolute Gasteiger partial charge is 0.225 e. The van der Waals surface area contributed by atoms with E-state index in [0.717, 1.165) is 38.8 Å². The minimum absolute atomic E-state index is 0.289. The van der Waals surface area contributed by atoms with Gasteiger partial charge in [-0.3, -0.25) is 4.79 Å². The van der Waals surface area contributed by atoms with E-state index in [9.17, 15) is 4.79 Å². The summed E-state index contributed by atoms with van der Waals surface area (Å²) in [5.41, 5.74) is 5.46. The highest BCUT2D eigenvalue weighted by molar-refractivity contribution is 5.78. The number of carbonyl (C=O) groups excluding carboxylic acids is 1. The summed E-state index contributed by atoms with van der Waals surface area (Å²) in [6, 6.07) is 0. The maximum absolute atomic E-state index is 12.6. The molecule has 1 saturated carbocycles. The van der Waals surface area contributed by atoms with E-state index in [1.54, 1.807) is 0 Å². The third-order valence-electron chi connectivity index (χ3n) is 4.68. The third-order valence-corrected chi connectivity index (χ3v) is 4.68. The maximum atomic E-state index is 12.6. The second-order valence-corrected chi connectivity index (χ2v) is 6.23. The molecule has 0 bridgehead atoms. The van der Waals surface area contributed by atoms with E-state index in [4.69, 9.17) is 10.5 Å². The van der Waals surface area contributed by atoms with Gasteiger partial charge >= 0.3 is 0 Å². The average molecular weight is 282 g/mol. The van der Waals surface area contributed by atoms with Gasteiger partial charge in [-0.25, -0.2) is 0 Å². The second-order valence-electron chi connectivity index (χ2n) is 6.23. The molecule has 4 heteroatoms. The van der Waals surface area contributed by atoms with Gasteiger partial charge in [-0.15, -0.1) is 0 Å². The molecule has 0 aromatic carbocycles. The Hall–Kier alpha value is -0.610. The van der Waals surface area contributed by atoms with Crippen LogP contribution >= 0.6 is 0 Å². The van der Waals surface area contributed by atoms with E-state index < -0.39 is 0 Å². The lowest BCUT2D eigenvalue weighted by Crippen LogP contribution is -2.44. The fourth-order valence-electron chi connectivity index (χ4n) is 3.44. The fourth-order valence-corrected chi connectivity index (χ4v) is 3.44. The van der Waals surface area contributed by atoms with Crippen LogP contribution in [0.4, 0.5) is 0 Å². The molecule has 0 radical (unpaired) electrons. The molecular formula is C16H30N2O2. The fraction of sp³-hybridized carbons (Fsp3) is 0.938. The summed E-state index contributed by atoms with van der Waals surface area (Å²) < 4.78 is 5.68. The Morgan fingerprint density at radius 3 is 2.20 bits per heavy atom. The lowest BCUT2D eigenvalue weighted by molar-refractivity contribution is -0.138. The SMILES string of the molecule is NCCOC1CCN(C(=O)C2CCCCCCC2)CC1. The van der Waals surface area contributed by atoms with Crippen LogP contribution in [0, 0.1) is 5.92 Å². The zero-order chi connectivity index (χ0) is 14.2. The number of carbonyl (C=O) groups is 1. The van der Waals surface area contributed by atoms with Crippen molar-refractivity contribution in [3.63, 3.8) is 0 Å². The summed E-state index contributed by atoms with van der Waals surface area (Å²) in [5, 5.41) is 0. The summed E-state index contributed by atoms with van der Waals surface area (Å²) in [6.45, 7) is 2.96. The summed E-state index contributed by atoms with van der Waals surface area (Å²) in [4.78, 5) is 14.7. The van der Waals surface area contributed by atoms with Crippen molar-refractivity contribution in [1.82, 2.24) is 4.90 Å². The van der Waals surface area contributed by atoms with E-state index in [1.165, 1.54) is 32.1 Å². The van der Waals surface area contributed by atoms with Gasteiger partial charge in [0.25, 0.3) is 0 Å². The molecule has 2 rings (SSSR count). The highest BCUT2D eigenvalue weighted by Gasteiger charge is 2.28. The summed E-state index contributed by atoms with van der Waals surface area (Å²) in [5.74, 6) is 0.695. The summed E-state index contributed by atoms with van der Waals surface area (Å²) >= 11 is 0. The van der Waals surface area contributed by atoms with Gasteiger partial charge in [0, 0.05) is 25.6 Å². The van der Waals surface area contributed by atoms with Gasteiger partial charge in [-0.05, 0) is 25.7 Å². The van der Waals surface area contributed by atoms with Crippen LogP contribution in [0.3, 0.4) is 0 Å². The first kappa shape index (κ1) is 15.8. The molecule has 20 heavy (non-hydrogen) atoms. The number of hydrogen-bond acceptors (Lipinski definition) is 3. The third kappa shape index (κ3) is 4.74. The number of nitrogens with zero attached hydrogens (tertiary/aromatic N) is 1. The molecule has 0 spiro atoms. The number of nitrogens with two attached hydrogens (primary N) is 1. The van der Waals surface area contributed by atoms with E-state index in [2.05, 4.69) is 4.90 Å². The molecular weight excluding hydrogens is 252 g/mol. The average Bonchev–Trinajstić information content (AvgIpc) is 2.45. The molecule has 116 valence electrons. The number of likely N-dealkylation sites (tertiary alicyclic amines) is 1. The molecule has 0 aromatic heterocycles. The van der Waals surface area contributed by atoms with E-state index in [0.29, 0.717) is 25.2 Å². The normalized spacial score (nSPS) is 23.4. The molecule has 1 heterocycles. The Kier molecular flexibility index (Phi) is 6.80. The minimum Gasteiger partial charge on any atom is -0.377 e. The van der Waals surface area contributed by atoms with Crippen molar-refractivity contribution in [2.75, 3.05) is 26.2 Å². The van der Waals surface area contributed by atoms with Gasteiger partial charge in [0.1, 0.15) is 0 Å². The van der Waals surface area contributed by atoms with Crippen molar-refractivity contribution in [1.29, 1.82) is 0 Å². The van der Waals surface area contributed by atoms with Crippen LogP contribution in [-0.4, -0.2) is 43.2 Å². The molecule has 0 atom stereocenters. The summed E-state index contributed by atoms with van der Waals surface area (Å²) in [7, 11) is 0. The number of piperidine rings is 1. The lowest BCUT2D eigenvalue weighted by Gasteiger charge is -2.34. The van der Waals surface area contributed by atoms with Crippen molar-refractivity contribution in [2.45, 2.75) is 63.9 Å². The van der Waals surface area contributed by atoms with Crippen molar-refractivity contribution in [3.05, 3.63) is 0 Å². The van der Waals surface area contributed by atoms with Crippen LogP contribution in [0.15, 0.2) is 0 Å². The zero-order valence-electron chi connectivity index (χ0n) is 12.7. The van der Waals surface area contributed by atoms with Crippen molar-refractivity contribution in [3.8, 4) is 0 Å². The number of rotatable bonds is 4. The second kappa shape index (κ2) is 8.63. The topological polar surface area (TPSA) is 55.6 Å². The number of ether oxygens (including phenoxy) is 1. The molecule has 0 unspecified atom stereocenters. The molecule has 2 fully saturated rings. The van der Waals surface area contributed by atoms with Crippen LogP contribution in [0.25, 0.3) is 0 Å². The number of hydrogen-bond donors (Lipinski definition) is 1. The molecule has 2 N–H and O–H groups in total. The van der Waals surface area contributed by atoms with E-state index >= 15 is 0 Å². The summed E-state index contributed by atoms with van der Waals surface area (Å²) in [6.07, 6.45) is 10.9. The Labute approximate surface area is 123 Å². The highest BCUT2D eigenvalue weighted by atomic mass is 16.5. The highest BCUT2D eigenvalue weighted by Crippen LogP contribution is 2.25. The van der Waals surface area contributed by atoms with Gasteiger partial charge in [0.2, 0.25) is 5.91 Å². The first-order valence-electron chi connectivity index (χ1n) is 8.41. The van der Waals surface area contributed by atoms with Crippen LogP contribution in [-0.2, 0) is 9.53 Å². The maximum Gasteiger partial charge on any atom is 0.225 e. The molecule has 2 aliphatic rings. The molecule has 4 nitrogen and oxygen atoms in total. The van der Waals surface area contributed by atoms with Crippen LogP contribution in [0.5, 0.6) is 0 Å². The molecule has 1 amide bonds. The molecule has 1 aliphatic carbocycles. The van der Waals surface area contributed by atoms with E-state index in [1.807, 2.05) is 0 Å². The Morgan fingerprint density at radius 2 is 1.60 bits per heavy atom. The monoisotopic (exact) mass is 282 g/mol.